The van der Waals surface area contributed by atoms with Gasteiger partial charge in [-0.2, -0.15) is 5.26 Å². The number of amides is 1. The normalized spacial score (nSPS) is 11.2. The minimum atomic E-state index is -3.93. The van der Waals surface area contributed by atoms with Gasteiger partial charge in [-0.15, -0.1) is 0 Å². The molecule has 0 unspecified atom stereocenters. The molecule has 0 bridgehead atoms. The summed E-state index contributed by atoms with van der Waals surface area (Å²) in [7, 11) is 0.213. The zero-order chi connectivity index (χ0) is 19.9. The molecule has 0 fully saturated rings. The molecule has 0 aliphatic heterocycles. The number of hydrogen-bond acceptors (Lipinski definition) is 4. The van der Waals surface area contributed by atoms with E-state index in [1.807, 2.05) is 30.3 Å². The number of nitriles is 1. The van der Waals surface area contributed by atoms with Gasteiger partial charge >= 0.3 is 0 Å². The molecule has 142 valence electrons. The standard InChI is InChI=1S/C19H22N4O3S/c1-23(2)14-16-9-7-15(8-10-16)12-21-19(24)13-22-27(25,26)18-6-4-3-5-17(18)11-20/h3-10,22H,12-14H2,1-2H3,(H,21,24)/p+1. The predicted octanol–water partition coefficient (Wildman–Crippen LogP) is -0.203. The van der Waals surface area contributed by atoms with E-state index in [-0.39, 0.29) is 10.5 Å². The summed E-state index contributed by atoms with van der Waals surface area (Å²) in [4.78, 5) is 13.1. The minimum absolute atomic E-state index is 0.0325. The lowest BCUT2D eigenvalue weighted by atomic mass is 10.1. The van der Waals surface area contributed by atoms with E-state index in [0.717, 1.165) is 12.1 Å². The summed E-state index contributed by atoms with van der Waals surface area (Å²) in [5.74, 6) is -0.449. The summed E-state index contributed by atoms with van der Waals surface area (Å²) >= 11 is 0. The van der Waals surface area contributed by atoms with Gasteiger partial charge in [0.1, 0.15) is 12.6 Å². The second-order valence-electron chi connectivity index (χ2n) is 6.41. The fourth-order valence-electron chi connectivity index (χ4n) is 2.48. The first-order valence-corrected chi connectivity index (χ1v) is 9.92. The van der Waals surface area contributed by atoms with E-state index in [4.69, 9.17) is 5.26 Å². The maximum Gasteiger partial charge on any atom is 0.242 e. The van der Waals surface area contributed by atoms with E-state index in [9.17, 15) is 13.2 Å². The smallest absolute Gasteiger partial charge is 0.242 e. The molecule has 1 amide bonds. The van der Waals surface area contributed by atoms with E-state index in [1.54, 1.807) is 6.07 Å². The second-order valence-corrected chi connectivity index (χ2v) is 8.14. The Morgan fingerprint density at radius 1 is 1.07 bits per heavy atom. The van der Waals surface area contributed by atoms with Crippen molar-refractivity contribution in [3.63, 3.8) is 0 Å². The molecule has 27 heavy (non-hydrogen) atoms. The van der Waals surface area contributed by atoms with Crippen molar-refractivity contribution in [1.29, 1.82) is 5.26 Å². The average Bonchev–Trinajstić information content (AvgIpc) is 2.65. The van der Waals surface area contributed by atoms with Crippen molar-refractivity contribution in [2.24, 2.45) is 0 Å². The van der Waals surface area contributed by atoms with Crippen molar-refractivity contribution in [1.82, 2.24) is 10.0 Å². The molecule has 3 N–H and O–H groups in total. The van der Waals surface area contributed by atoms with Crippen molar-refractivity contribution in [3.05, 3.63) is 65.2 Å². The number of carbonyl (C=O) groups excluding carboxylic acids is 1. The Hall–Kier alpha value is -2.73. The van der Waals surface area contributed by atoms with Crippen LogP contribution in [0, 0.1) is 11.3 Å². The van der Waals surface area contributed by atoms with Crippen LogP contribution in [0.15, 0.2) is 53.4 Å². The van der Waals surface area contributed by atoms with Crippen LogP contribution in [0.1, 0.15) is 16.7 Å². The monoisotopic (exact) mass is 387 g/mol. The molecule has 8 heteroatoms. The Morgan fingerprint density at radius 2 is 1.70 bits per heavy atom. The van der Waals surface area contributed by atoms with Crippen molar-refractivity contribution >= 4 is 15.9 Å². The quantitative estimate of drug-likeness (QED) is 0.583. The van der Waals surface area contributed by atoms with E-state index in [2.05, 4.69) is 24.1 Å². The maximum absolute atomic E-state index is 12.3. The van der Waals surface area contributed by atoms with Crippen molar-refractivity contribution in [2.45, 2.75) is 18.0 Å². The highest BCUT2D eigenvalue weighted by molar-refractivity contribution is 7.89. The van der Waals surface area contributed by atoms with Crippen LogP contribution in [-0.2, 0) is 27.9 Å². The largest absolute Gasteiger partial charge is 0.351 e. The molecule has 0 aromatic heterocycles. The van der Waals surface area contributed by atoms with Crippen LogP contribution in [0.4, 0.5) is 0 Å². The van der Waals surface area contributed by atoms with E-state index >= 15 is 0 Å². The maximum atomic E-state index is 12.3. The highest BCUT2D eigenvalue weighted by Crippen LogP contribution is 2.13. The average molecular weight is 387 g/mol. The number of sulfonamides is 1. The molecule has 2 aromatic rings. The number of carbonyl (C=O) groups is 1. The van der Waals surface area contributed by atoms with Crippen molar-refractivity contribution < 1.29 is 18.1 Å². The molecule has 7 nitrogen and oxygen atoms in total. The van der Waals surface area contributed by atoms with Gasteiger partial charge in [-0.1, -0.05) is 36.4 Å². The van der Waals surface area contributed by atoms with Gasteiger partial charge in [0.15, 0.2) is 0 Å². The zero-order valence-electron chi connectivity index (χ0n) is 15.3. The van der Waals surface area contributed by atoms with Crippen LogP contribution in [0.3, 0.4) is 0 Å². The van der Waals surface area contributed by atoms with Gasteiger partial charge in [0.25, 0.3) is 0 Å². The third kappa shape index (κ3) is 6.18. The summed E-state index contributed by atoms with van der Waals surface area (Å²) in [6.07, 6.45) is 0. The summed E-state index contributed by atoms with van der Waals surface area (Å²) < 4.78 is 26.8. The summed E-state index contributed by atoms with van der Waals surface area (Å²) in [5.41, 5.74) is 2.16. The first-order valence-electron chi connectivity index (χ1n) is 8.44. The third-order valence-electron chi connectivity index (χ3n) is 3.79. The molecule has 0 saturated carbocycles. The van der Waals surface area contributed by atoms with Gasteiger partial charge in [-0.05, 0) is 17.7 Å². The molecule has 0 saturated heterocycles. The topological polar surface area (TPSA) is 104 Å². The lowest BCUT2D eigenvalue weighted by Crippen LogP contribution is -3.04. The molecule has 0 aliphatic rings. The molecular formula is C19H23N4O3S+. The van der Waals surface area contributed by atoms with Crippen LogP contribution < -0.4 is 14.9 Å². The number of nitrogens with one attached hydrogen (secondary N) is 3. The summed E-state index contributed by atoms with van der Waals surface area (Å²) in [5, 5.41) is 11.7. The highest BCUT2D eigenvalue weighted by atomic mass is 32.2. The van der Waals surface area contributed by atoms with E-state index in [0.29, 0.717) is 6.54 Å². The van der Waals surface area contributed by atoms with Gasteiger partial charge in [0, 0.05) is 12.1 Å². The van der Waals surface area contributed by atoms with Gasteiger partial charge in [-0.25, -0.2) is 13.1 Å². The van der Waals surface area contributed by atoms with Gasteiger partial charge in [-0.3, -0.25) is 4.79 Å². The fraction of sp³-hybridized carbons (Fsp3) is 0.263. The predicted molar refractivity (Wildman–Crippen MR) is 101 cm³/mol. The Labute approximate surface area is 159 Å². The molecule has 0 radical (unpaired) electrons. The van der Waals surface area contributed by atoms with Crippen LogP contribution in [-0.4, -0.2) is 35.0 Å². The lowest BCUT2D eigenvalue weighted by Gasteiger charge is -2.10. The first-order chi connectivity index (χ1) is 12.8. The Balaban J connectivity index is 1.88. The van der Waals surface area contributed by atoms with Gasteiger partial charge in [0.2, 0.25) is 15.9 Å². The Morgan fingerprint density at radius 3 is 2.33 bits per heavy atom. The molecule has 0 heterocycles. The summed E-state index contributed by atoms with van der Waals surface area (Å²) in [6.45, 7) is 0.827. The van der Waals surface area contributed by atoms with Crippen LogP contribution in [0.5, 0.6) is 0 Å². The minimum Gasteiger partial charge on any atom is -0.351 e. The van der Waals surface area contributed by atoms with Crippen LogP contribution in [0.25, 0.3) is 0 Å². The number of benzene rings is 2. The highest BCUT2D eigenvalue weighted by Gasteiger charge is 2.19. The number of hydrogen-bond donors (Lipinski definition) is 3. The molecule has 0 aliphatic carbocycles. The summed E-state index contributed by atoms with van der Waals surface area (Å²) in [6, 6.07) is 15.6. The first kappa shape index (κ1) is 20.6. The number of nitrogens with zero attached hydrogens (tertiary/aromatic N) is 1. The van der Waals surface area contributed by atoms with E-state index in [1.165, 1.54) is 28.7 Å². The van der Waals surface area contributed by atoms with Crippen molar-refractivity contribution in [3.8, 4) is 6.07 Å². The Bertz CT molecular complexity index is 932. The second kappa shape index (κ2) is 9.28. The van der Waals surface area contributed by atoms with Crippen LogP contribution >= 0.6 is 0 Å². The van der Waals surface area contributed by atoms with Gasteiger partial charge < -0.3 is 10.2 Å². The third-order valence-corrected chi connectivity index (χ3v) is 5.25. The van der Waals surface area contributed by atoms with E-state index < -0.39 is 22.5 Å². The van der Waals surface area contributed by atoms with Crippen LogP contribution in [0.2, 0.25) is 0 Å². The van der Waals surface area contributed by atoms with Gasteiger partial charge in [0.05, 0.1) is 31.1 Å². The lowest BCUT2D eigenvalue weighted by molar-refractivity contribution is -0.872. The number of quaternary nitrogens is 1. The molecule has 2 aromatic carbocycles. The molecule has 0 spiro atoms. The van der Waals surface area contributed by atoms with Crippen molar-refractivity contribution in [2.75, 3.05) is 20.6 Å². The SMILES string of the molecule is C[NH+](C)Cc1ccc(CNC(=O)CNS(=O)(=O)c2ccccc2C#N)cc1. The molecule has 2 rings (SSSR count). The zero-order valence-corrected chi connectivity index (χ0v) is 16.1. The molecular weight excluding hydrogens is 364 g/mol. The Kier molecular flexibility index (Phi) is 7.07. The number of rotatable bonds is 8. The fourth-order valence-corrected chi connectivity index (χ4v) is 3.62. The molecule has 0 atom stereocenters.